The first-order valence-electron chi connectivity index (χ1n) is 5.76. The van der Waals surface area contributed by atoms with Crippen LogP contribution in [0.3, 0.4) is 0 Å². The molecule has 0 unspecified atom stereocenters. The smallest absolute Gasteiger partial charge is 0.349 e. The van der Waals surface area contributed by atoms with Gasteiger partial charge in [0.1, 0.15) is 5.82 Å². The van der Waals surface area contributed by atoms with Gasteiger partial charge in [-0.15, -0.1) is 0 Å². The number of hydrogen-bond donors (Lipinski definition) is 0. The quantitative estimate of drug-likeness (QED) is 0.355. The lowest BCUT2D eigenvalue weighted by molar-refractivity contribution is 0.0394. The summed E-state index contributed by atoms with van der Waals surface area (Å²) in [6.07, 6.45) is 0. The molecular weight excluding hydrogens is 347 g/mol. The SMILES string of the molecule is O=C(OC(=O)c1cc(F)c(F)cc1Cl)c1cc(F)c(F)cc1F. The van der Waals surface area contributed by atoms with Crippen LogP contribution in [-0.4, -0.2) is 11.9 Å². The van der Waals surface area contributed by atoms with Crippen LogP contribution in [0.2, 0.25) is 5.02 Å². The number of ether oxygens (including phenoxy) is 1. The molecule has 0 fully saturated rings. The van der Waals surface area contributed by atoms with Gasteiger partial charge in [0, 0.05) is 6.07 Å². The van der Waals surface area contributed by atoms with Crippen LogP contribution in [0.25, 0.3) is 0 Å². The van der Waals surface area contributed by atoms with Gasteiger partial charge in [-0.3, -0.25) is 0 Å². The first-order valence-corrected chi connectivity index (χ1v) is 6.14. The standard InChI is InChI=1S/C14H4ClF5O3/c15-7-3-11(19)9(17)1-5(7)13(21)23-14(22)6-2-10(18)12(20)4-8(6)16/h1-4H. The van der Waals surface area contributed by atoms with Crippen LogP contribution in [0.1, 0.15) is 20.7 Å². The number of carbonyl (C=O) groups is 2. The summed E-state index contributed by atoms with van der Waals surface area (Å²) in [4.78, 5) is 23.3. The molecule has 0 radical (unpaired) electrons. The van der Waals surface area contributed by atoms with E-state index in [0.717, 1.165) is 0 Å². The summed E-state index contributed by atoms with van der Waals surface area (Å²) in [6, 6.07) is 1.11. The molecule has 120 valence electrons. The minimum absolute atomic E-state index is 0.0843. The van der Waals surface area contributed by atoms with Crippen molar-refractivity contribution in [2.24, 2.45) is 0 Å². The van der Waals surface area contributed by atoms with E-state index in [-0.39, 0.29) is 12.1 Å². The molecule has 2 aromatic rings. The van der Waals surface area contributed by atoms with Gasteiger partial charge in [-0.25, -0.2) is 31.5 Å². The van der Waals surface area contributed by atoms with Gasteiger partial charge < -0.3 is 4.74 Å². The summed E-state index contributed by atoms with van der Waals surface area (Å²) in [5, 5.41) is -0.563. The van der Waals surface area contributed by atoms with Crippen LogP contribution >= 0.6 is 11.6 Å². The molecule has 2 aromatic carbocycles. The number of rotatable bonds is 2. The Hall–Kier alpha value is -2.48. The molecule has 0 bridgehead atoms. The number of hydrogen-bond acceptors (Lipinski definition) is 3. The number of benzene rings is 2. The average molecular weight is 351 g/mol. The Morgan fingerprint density at radius 1 is 0.696 bits per heavy atom. The molecule has 2 rings (SSSR count). The fraction of sp³-hybridized carbons (Fsp3) is 0. The summed E-state index contributed by atoms with van der Waals surface area (Å²) in [7, 11) is 0. The molecule has 0 atom stereocenters. The summed E-state index contributed by atoms with van der Waals surface area (Å²) in [5.74, 6) is -10.5. The highest BCUT2D eigenvalue weighted by Gasteiger charge is 2.23. The van der Waals surface area contributed by atoms with Crippen molar-refractivity contribution in [1.82, 2.24) is 0 Å². The van der Waals surface area contributed by atoms with Crippen molar-refractivity contribution in [3.63, 3.8) is 0 Å². The van der Waals surface area contributed by atoms with Gasteiger partial charge in [0.15, 0.2) is 23.3 Å². The normalized spacial score (nSPS) is 10.5. The lowest BCUT2D eigenvalue weighted by atomic mass is 10.2. The third kappa shape index (κ3) is 3.48. The van der Waals surface area contributed by atoms with Gasteiger partial charge in [-0.2, -0.15) is 0 Å². The maximum atomic E-state index is 13.4. The second-order valence-corrected chi connectivity index (χ2v) is 4.58. The zero-order chi connectivity index (χ0) is 17.3. The van der Waals surface area contributed by atoms with Gasteiger partial charge in [-0.1, -0.05) is 11.6 Å². The van der Waals surface area contributed by atoms with Gasteiger partial charge in [0.25, 0.3) is 0 Å². The van der Waals surface area contributed by atoms with Crippen LogP contribution in [-0.2, 0) is 4.74 Å². The highest BCUT2D eigenvalue weighted by Crippen LogP contribution is 2.22. The van der Waals surface area contributed by atoms with Crippen molar-refractivity contribution in [2.75, 3.05) is 0 Å². The van der Waals surface area contributed by atoms with E-state index in [4.69, 9.17) is 11.6 Å². The summed E-state index contributed by atoms with van der Waals surface area (Å²) < 4.78 is 69.3. The zero-order valence-electron chi connectivity index (χ0n) is 10.8. The maximum absolute atomic E-state index is 13.4. The molecule has 0 aliphatic rings. The van der Waals surface area contributed by atoms with E-state index in [2.05, 4.69) is 4.74 Å². The number of halogens is 6. The Kier molecular flexibility index (Phi) is 4.65. The second-order valence-electron chi connectivity index (χ2n) is 4.17. The average Bonchev–Trinajstić information content (AvgIpc) is 2.46. The molecule has 3 nitrogen and oxygen atoms in total. The Morgan fingerprint density at radius 2 is 1.13 bits per heavy atom. The van der Waals surface area contributed by atoms with Crippen LogP contribution in [0.15, 0.2) is 24.3 Å². The molecule has 0 aliphatic carbocycles. The first-order chi connectivity index (χ1) is 10.7. The monoisotopic (exact) mass is 350 g/mol. The van der Waals surface area contributed by atoms with Crippen LogP contribution in [0, 0.1) is 29.1 Å². The van der Waals surface area contributed by atoms with Crippen LogP contribution in [0.4, 0.5) is 22.0 Å². The zero-order valence-corrected chi connectivity index (χ0v) is 11.6. The Morgan fingerprint density at radius 3 is 1.74 bits per heavy atom. The maximum Gasteiger partial charge on any atom is 0.349 e. The minimum Gasteiger partial charge on any atom is -0.386 e. The molecule has 0 amide bonds. The van der Waals surface area contributed by atoms with Gasteiger partial charge in [0.05, 0.1) is 16.1 Å². The molecule has 0 N–H and O–H groups in total. The second kappa shape index (κ2) is 6.33. The molecule has 0 aliphatic heterocycles. The Bertz CT molecular complexity index is 755. The highest BCUT2D eigenvalue weighted by molar-refractivity contribution is 6.33. The van der Waals surface area contributed by atoms with Crippen molar-refractivity contribution in [3.8, 4) is 0 Å². The Labute approximate surface area is 130 Å². The molecule has 0 saturated carbocycles. The lowest BCUT2D eigenvalue weighted by Gasteiger charge is -2.06. The molecule has 0 heterocycles. The highest BCUT2D eigenvalue weighted by atomic mass is 35.5. The van der Waals surface area contributed by atoms with Gasteiger partial charge in [0.2, 0.25) is 0 Å². The fourth-order valence-corrected chi connectivity index (χ4v) is 1.78. The summed E-state index contributed by atoms with van der Waals surface area (Å²) >= 11 is 5.50. The Balaban J connectivity index is 2.29. The summed E-state index contributed by atoms with van der Waals surface area (Å²) in [5.41, 5.74) is -1.77. The van der Waals surface area contributed by atoms with Crippen LogP contribution < -0.4 is 0 Å². The molecule has 23 heavy (non-hydrogen) atoms. The fourth-order valence-electron chi connectivity index (χ4n) is 1.55. The van der Waals surface area contributed by atoms with E-state index in [1.165, 1.54) is 0 Å². The van der Waals surface area contributed by atoms with Crippen LogP contribution in [0.5, 0.6) is 0 Å². The predicted molar refractivity (Wildman–Crippen MR) is 67.4 cm³/mol. The van der Waals surface area contributed by atoms with Gasteiger partial charge >= 0.3 is 11.9 Å². The minimum atomic E-state index is -1.66. The van der Waals surface area contributed by atoms with Crippen molar-refractivity contribution in [1.29, 1.82) is 0 Å². The third-order valence-electron chi connectivity index (χ3n) is 2.65. The van der Waals surface area contributed by atoms with Gasteiger partial charge in [-0.05, 0) is 18.2 Å². The summed E-state index contributed by atoms with van der Waals surface area (Å²) in [6.45, 7) is 0. The molecule has 0 aromatic heterocycles. The number of carbonyl (C=O) groups excluding carboxylic acids is 2. The topological polar surface area (TPSA) is 43.4 Å². The van der Waals surface area contributed by atoms with E-state index in [1.54, 1.807) is 0 Å². The van der Waals surface area contributed by atoms with Crippen molar-refractivity contribution >= 4 is 23.5 Å². The van der Waals surface area contributed by atoms with E-state index in [1.807, 2.05) is 0 Å². The largest absolute Gasteiger partial charge is 0.386 e. The van der Waals surface area contributed by atoms with E-state index >= 15 is 0 Å². The lowest BCUT2D eigenvalue weighted by Crippen LogP contribution is -2.15. The molecule has 9 heteroatoms. The van der Waals surface area contributed by atoms with Crippen molar-refractivity contribution < 1.29 is 36.3 Å². The van der Waals surface area contributed by atoms with Crippen molar-refractivity contribution in [3.05, 3.63) is 69.5 Å². The predicted octanol–water partition coefficient (Wildman–Crippen LogP) is 4.03. The first kappa shape index (κ1) is 16.9. The molecule has 0 spiro atoms. The number of esters is 2. The third-order valence-corrected chi connectivity index (χ3v) is 2.96. The molecular formula is C14H4ClF5O3. The molecule has 0 saturated heterocycles. The van der Waals surface area contributed by atoms with E-state index in [0.29, 0.717) is 12.1 Å². The van der Waals surface area contributed by atoms with E-state index in [9.17, 15) is 31.5 Å². The van der Waals surface area contributed by atoms with Crippen molar-refractivity contribution in [2.45, 2.75) is 0 Å². The van der Waals surface area contributed by atoms with E-state index < -0.39 is 57.2 Å².